The van der Waals surface area contributed by atoms with E-state index in [2.05, 4.69) is 15.5 Å². The van der Waals surface area contributed by atoms with Crippen LogP contribution in [-0.2, 0) is 6.42 Å². The topological polar surface area (TPSA) is 81.2 Å². The first-order chi connectivity index (χ1) is 14.1. The number of hydrogen-bond donors (Lipinski definition) is 1. The molecule has 4 rings (SSSR count). The molecule has 29 heavy (non-hydrogen) atoms. The van der Waals surface area contributed by atoms with Crippen molar-refractivity contribution in [3.8, 4) is 22.8 Å². The molecule has 0 aliphatic carbocycles. The predicted molar refractivity (Wildman–Crippen MR) is 104 cm³/mol. The Morgan fingerprint density at radius 1 is 1.10 bits per heavy atom. The second-order valence-corrected chi connectivity index (χ2v) is 6.67. The van der Waals surface area contributed by atoms with E-state index in [1.54, 1.807) is 42.7 Å². The summed E-state index contributed by atoms with van der Waals surface area (Å²) in [6.45, 7) is 1.91. The zero-order valence-corrected chi connectivity index (χ0v) is 15.6. The van der Waals surface area contributed by atoms with Crippen LogP contribution in [0.4, 0.5) is 4.39 Å². The summed E-state index contributed by atoms with van der Waals surface area (Å²) in [6.07, 6.45) is 2.21. The second-order valence-electron chi connectivity index (χ2n) is 6.67. The van der Waals surface area contributed by atoms with E-state index in [-0.39, 0.29) is 23.7 Å². The second kappa shape index (κ2) is 8.10. The van der Waals surface area contributed by atoms with Gasteiger partial charge in [0.15, 0.2) is 0 Å². The normalized spacial score (nSPS) is 11.9. The number of carbonyl (C=O) groups is 1. The van der Waals surface area contributed by atoms with E-state index in [0.717, 1.165) is 5.76 Å². The van der Waals surface area contributed by atoms with Gasteiger partial charge < -0.3 is 14.3 Å². The Hall–Kier alpha value is -3.74. The number of benzene rings is 2. The summed E-state index contributed by atoms with van der Waals surface area (Å²) in [6, 6.07) is 16.4. The molecular formula is C22H18FN3O3. The highest BCUT2D eigenvalue weighted by molar-refractivity contribution is 5.95. The molecule has 0 aliphatic rings. The first-order valence-electron chi connectivity index (χ1n) is 9.12. The lowest BCUT2D eigenvalue weighted by Crippen LogP contribution is -2.33. The van der Waals surface area contributed by atoms with Crippen LogP contribution in [0.5, 0.6) is 0 Å². The molecule has 0 radical (unpaired) electrons. The molecule has 6 nitrogen and oxygen atoms in total. The molecule has 1 atom stereocenters. The first-order valence-corrected chi connectivity index (χ1v) is 9.12. The fraction of sp³-hybridized carbons (Fsp3) is 0.136. The summed E-state index contributed by atoms with van der Waals surface area (Å²) in [5.41, 5.74) is 1.74. The van der Waals surface area contributed by atoms with Crippen LogP contribution in [0.15, 0.2) is 75.9 Å². The molecule has 2 aromatic heterocycles. The number of nitrogens with zero attached hydrogens (tertiary/aromatic N) is 2. The Balaban J connectivity index is 1.48. The lowest BCUT2D eigenvalue weighted by molar-refractivity contribution is 0.0939. The highest BCUT2D eigenvalue weighted by Gasteiger charge is 2.15. The molecule has 7 heteroatoms. The largest absolute Gasteiger partial charge is 0.469 e. The van der Waals surface area contributed by atoms with Gasteiger partial charge in [-0.15, -0.1) is 0 Å². The molecule has 0 aliphatic heterocycles. The number of nitrogens with one attached hydrogen (secondary N) is 1. The van der Waals surface area contributed by atoms with Gasteiger partial charge in [-0.3, -0.25) is 4.79 Å². The molecule has 146 valence electrons. The van der Waals surface area contributed by atoms with Crippen LogP contribution in [0.2, 0.25) is 0 Å². The molecule has 1 unspecified atom stereocenters. The van der Waals surface area contributed by atoms with Crippen molar-refractivity contribution in [1.82, 2.24) is 15.5 Å². The maximum absolute atomic E-state index is 13.1. The quantitative estimate of drug-likeness (QED) is 0.523. The number of carbonyl (C=O) groups excluding carboxylic acids is 1. The molecule has 1 amide bonds. The summed E-state index contributed by atoms with van der Waals surface area (Å²) in [5, 5.41) is 6.89. The van der Waals surface area contributed by atoms with Gasteiger partial charge in [0, 0.05) is 29.2 Å². The number of amides is 1. The molecule has 2 heterocycles. The monoisotopic (exact) mass is 391 g/mol. The predicted octanol–water partition coefficient (Wildman–Crippen LogP) is 4.50. The van der Waals surface area contributed by atoms with Crippen LogP contribution < -0.4 is 5.32 Å². The van der Waals surface area contributed by atoms with E-state index < -0.39 is 0 Å². The Bertz CT molecular complexity index is 1100. The number of aromatic nitrogens is 2. The Morgan fingerprint density at radius 2 is 1.93 bits per heavy atom. The van der Waals surface area contributed by atoms with Gasteiger partial charge in [-0.1, -0.05) is 11.2 Å². The molecular weight excluding hydrogens is 373 g/mol. The minimum Gasteiger partial charge on any atom is -0.469 e. The fourth-order valence-corrected chi connectivity index (χ4v) is 2.94. The number of furan rings is 1. The van der Waals surface area contributed by atoms with Crippen molar-refractivity contribution in [2.45, 2.75) is 19.4 Å². The summed E-state index contributed by atoms with van der Waals surface area (Å²) in [7, 11) is 0. The molecule has 0 fully saturated rings. The lowest BCUT2D eigenvalue weighted by atomic mass is 10.1. The summed E-state index contributed by atoms with van der Waals surface area (Å²) >= 11 is 0. The smallest absolute Gasteiger partial charge is 0.258 e. The van der Waals surface area contributed by atoms with Crippen molar-refractivity contribution in [2.75, 3.05) is 0 Å². The van der Waals surface area contributed by atoms with Gasteiger partial charge in [-0.25, -0.2) is 4.39 Å². The van der Waals surface area contributed by atoms with E-state index in [0.29, 0.717) is 28.9 Å². The maximum atomic E-state index is 13.1. The highest BCUT2D eigenvalue weighted by Crippen LogP contribution is 2.23. The minimum absolute atomic E-state index is 0.0919. The Kier molecular flexibility index (Phi) is 5.20. The third-order valence-corrected chi connectivity index (χ3v) is 4.37. The van der Waals surface area contributed by atoms with Gasteiger partial charge in [0.1, 0.15) is 11.6 Å². The molecule has 0 saturated carbocycles. The van der Waals surface area contributed by atoms with E-state index in [9.17, 15) is 9.18 Å². The summed E-state index contributed by atoms with van der Waals surface area (Å²) in [5.74, 6) is 0.900. The van der Waals surface area contributed by atoms with E-state index in [1.165, 1.54) is 12.1 Å². The zero-order valence-electron chi connectivity index (χ0n) is 15.6. The third kappa shape index (κ3) is 4.40. The van der Waals surface area contributed by atoms with Gasteiger partial charge in [0.2, 0.25) is 5.82 Å². The Labute approximate surface area is 166 Å². The number of rotatable bonds is 6. The molecule has 2 aromatic carbocycles. The van der Waals surface area contributed by atoms with Crippen LogP contribution in [-0.4, -0.2) is 22.1 Å². The van der Waals surface area contributed by atoms with E-state index >= 15 is 0 Å². The zero-order chi connectivity index (χ0) is 20.2. The summed E-state index contributed by atoms with van der Waals surface area (Å²) < 4.78 is 23.7. The van der Waals surface area contributed by atoms with Gasteiger partial charge >= 0.3 is 0 Å². The van der Waals surface area contributed by atoms with E-state index in [4.69, 9.17) is 8.94 Å². The van der Waals surface area contributed by atoms with Gasteiger partial charge in [0.05, 0.1) is 6.26 Å². The van der Waals surface area contributed by atoms with Crippen LogP contribution in [0, 0.1) is 5.82 Å². The van der Waals surface area contributed by atoms with Crippen LogP contribution in [0.25, 0.3) is 22.8 Å². The molecule has 0 spiro atoms. The average Bonchev–Trinajstić information content (AvgIpc) is 3.41. The van der Waals surface area contributed by atoms with Crippen LogP contribution in [0.1, 0.15) is 23.0 Å². The van der Waals surface area contributed by atoms with Crippen molar-refractivity contribution in [2.24, 2.45) is 0 Å². The molecule has 0 saturated heterocycles. The van der Waals surface area contributed by atoms with Gasteiger partial charge in [-0.2, -0.15) is 4.98 Å². The summed E-state index contributed by atoms with van der Waals surface area (Å²) in [4.78, 5) is 16.9. The fourth-order valence-electron chi connectivity index (χ4n) is 2.94. The van der Waals surface area contributed by atoms with Gasteiger partial charge in [-0.05, 0) is 61.5 Å². The lowest BCUT2D eigenvalue weighted by Gasteiger charge is -2.12. The van der Waals surface area contributed by atoms with Crippen LogP contribution in [0.3, 0.4) is 0 Å². The number of hydrogen-bond acceptors (Lipinski definition) is 5. The molecule has 1 N–H and O–H groups in total. The van der Waals surface area contributed by atoms with E-state index in [1.807, 2.05) is 19.1 Å². The molecule has 0 bridgehead atoms. The minimum atomic E-state index is -0.336. The van der Waals surface area contributed by atoms with Crippen molar-refractivity contribution >= 4 is 5.91 Å². The third-order valence-electron chi connectivity index (χ3n) is 4.37. The maximum Gasteiger partial charge on any atom is 0.258 e. The standard InChI is InChI=1S/C22H18FN3O3/c1-14(12-19-6-3-11-28-19)24-21(27)16-4-2-5-17(13-16)22-25-20(26-29-22)15-7-9-18(23)10-8-15/h2-11,13-14H,12H2,1H3,(H,24,27). The Morgan fingerprint density at radius 3 is 2.69 bits per heavy atom. The van der Waals surface area contributed by atoms with Crippen molar-refractivity contribution in [3.05, 3.63) is 84.1 Å². The highest BCUT2D eigenvalue weighted by atomic mass is 19.1. The van der Waals surface area contributed by atoms with Gasteiger partial charge in [0.25, 0.3) is 11.8 Å². The average molecular weight is 391 g/mol. The van der Waals surface area contributed by atoms with Crippen molar-refractivity contribution in [1.29, 1.82) is 0 Å². The van der Waals surface area contributed by atoms with Crippen molar-refractivity contribution in [3.63, 3.8) is 0 Å². The molecule has 4 aromatic rings. The first kappa shape index (κ1) is 18.6. The SMILES string of the molecule is CC(Cc1ccco1)NC(=O)c1cccc(-c2nc(-c3ccc(F)cc3)no2)c1. The number of halogens is 1. The van der Waals surface area contributed by atoms with Crippen LogP contribution >= 0.6 is 0 Å². The van der Waals surface area contributed by atoms with Crippen molar-refractivity contribution < 1.29 is 18.1 Å².